The Morgan fingerprint density at radius 2 is 1.81 bits per heavy atom. The Morgan fingerprint density at radius 3 is 2.38 bits per heavy atom. The summed E-state index contributed by atoms with van der Waals surface area (Å²) in [6, 6.07) is 12.4. The standard InChI is InChI=1S/C18H24N2O/c1-12-9-10-15(13(2)11-12)20(4)16-7-6-8-17(21-5)18(16)14(3)19/h6-11,14H,19H2,1-5H3/t14-/m1/s1. The molecule has 0 fully saturated rings. The Balaban J connectivity index is 2.55. The maximum absolute atomic E-state index is 6.16. The fourth-order valence-electron chi connectivity index (χ4n) is 2.77. The molecule has 0 heterocycles. The number of benzene rings is 2. The number of nitrogens with zero attached hydrogens (tertiary/aromatic N) is 1. The third-order valence-electron chi connectivity index (χ3n) is 3.79. The van der Waals surface area contributed by atoms with Gasteiger partial charge in [-0.2, -0.15) is 0 Å². The van der Waals surface area contributed by atoms with Gasteiger partial charge in [-0.05, 0) is 44.5 Å². The highest BCUT2D eigenvalue weighted by molar-refractivity contribution is 5.71. The minimum Gasteiger partial charge on any atom is -0.496 e. The van der Waals surface area contributed by atoms with Gasteiger partial charge in [0.15, 0.2) is 0 Å². The van der Waals surface area contributed by atoms with Gasteiger partial charge in [0.2, 0.25) is 0 Å². The molecule has 0 unspecified atom stereocenters. The van der Waals surface area contributed by atoms with Gasteiger partial charge in [0.1, 0.15) is 5.75 Å². The van der Waals surface area contributed by atoms with Crippen LogP contribution in [0.2, 0.25) is 0 Å². The molecular weight excluding hydrogens is 260 g/mol. The molecule has 3 nitrogen and oxygen atoms in total. The third kappa shape index (κ3) is 3.03. The van der Waals surface area contributed by atoms with Crippen molar-refractivity contribution in [2.45, 2.75) is 26.8 Å². The molecular formula is C18H24N2O. The van der Waals surface area contributed by atoms with Crippen LogP contribution in [0.3, 0.4) is 0 Å². The first-order valence-corrected chi connectivity index (χ1v) is 7.19. The average Bonchev–Trinajstić information content (AvgIpc) is 2.45. The maximum atomic E-state index is 6.16. The van der Waals surface area contributed by atoms with Gasteiger partial charge in [-0.15, -0.1) is 0 Å². The second kappa shape index (κ2) is 6.19. The van der Waals surface area contributed by atoms with Crippen LogP contribution in [0.25, 0.3) is 0 Å². The van der Waals surface area contributed by atoms with Gasteiger partial charge in [-0.25, -0.2) is 0 Å². The van der Waals surface area contributed by atoms with Crippen LogP contribution in [0.1, 0.15) is 29.7 Å². The number of hydrogen-bond donors (Lipinski definition) is 1. The molecule has 21 heavy (non-hydrogen) atoms. The van der Waals surface area contributed by atoms with Crippen molar-refractivity contribution in [2.75, 3.05) is 19.1 Å². The summed E-state index contributed by atoms with van der Waals surface area (Å²) < 4.78 is 5.48. The van der Waals surface area contributed by atoms with E-state index in [0.29, 0.717) is 0 Å². The summed E-state index contributed by atoms with van der Waals surface area (Å²) in [4.78, 5) is 2.18. The molecule has 2 N–H and O–H groups in total. The van der Waals surface area contributed by atoms with E-state index in [9.17, 15) is 0 Å². The summed E-state index contributed by atoms with van der Waals surface area (Å²) in [5.74, 6) is 0.833. The minimum absolute atomic E-state index is 0.0932. The van der Waals surface area contributed by atoms with E-state index in [2.05, 4.69) is 50.1 Å². The van der Waals surface area contributed by atoms with Crippen molar-refractivity contribution in [1.29, 1.82) is 0 Å². The molecule has 0 radical (unpaired) electrons. The molecule has 0 aliphatic carbocycles. The smallest absolute Gasteiger partial charge is 0.125 e. The van der Waals surface area contributed by atoms with Gasteiger partial charge in [-0.3, -0.25) is 0 Å². The highest BCUT2D eigenvalue weighted by Gasteiger charge is 2.17. The van der Waals surface area contributed by atoms with Crippen LogP contribution < -0.4 is 15.4 Å². The van der Waals surface area contributed by atoms with E-state index >= 15 is 0 Å². The molecule has 0 aromatic heterocycles. The van der Waals surface area contributed by atoms with Crippen LogP contribution in [0.4, 0.5) is 11.4 Å². The van der Waals surface area contributed by atoms with Crippen molar-refractivity contribution in [2.24, 2.45) is 5.73 Å². The van der Waals surface area contributed by atoms with Gasteiger partial charge in [0.25, 0.3) is 0 Å². The van der Waals surface area contributed by atoms with Crippen molar-refractivity contribution in [3.05, 3.63) is 53.1 Å². The first kappa shape index (κ1) is 15.4. The van der Waals surface area contributed by atoms with Crippen molar-refractivity contribution in [1.82, 2.24) is 0 Å². The van der Waals surface area contributed by atoms with Crippen molar-refractivity contribution in [3.8, 4) is 5.75 Å². The van der Waals surface area contributed by atoms with E-state index < -0.39 is 0 Å². The van der Waals surface area contributed by atoms with Gasteiger partial charge in [0.05, 0.1) is 7.11 Å². The predicted octanol–water partition coefficient (Wildman–Crippen LogP) is 4.10. The van der Waals surface area contributed by atoms with Crippen LogP contribution in [-0.4, -0.2) is 14.2 Å². The molecule has 0 aliphatic rings. The molecule has 0 amide bonds. The zero-order valence-electron chi connectivity index (χ0n) is 13.5. The lowest BCUT2D eigenvalue weighted by molar-refractivity contribution is 0.407. The molecule has 2 aromatic rings. The summed E-state index contributed by atoms with van der Waals surface area (Å²) in [6.45, 7) is 6.22. The lowest BCUT2D eigenvalue weighted by Gasteiger charge is -2.27. The first-order chi connectivity index (χ1) is 9.95. The van der Waals surface area contributed by atoms with E-state index in [4.69, 9.17) is 10.5 Å². The Bertz CT molecular complexity index is 635. The summed E-state index contributed by atoms with van der Waals surface area (Å²) in [6.07, 6.45) is 0. The van der Waals surface area contributed by atoms with Crippen molar-refractivity contribution >= 4 is 11.4 Å². The number of hydrogen-bond acceptors (Lipinski definition) is 3. The second-order valence-corrected chi connectivity index (χ2v) is 5.53. The predicted molar refractivity (Wildman–Crippen MR) is 89.6 cm³/mol. The van der Waals surface area contributed by atoms with Crippen LogP contribution in [0.5, 0.6) is 5.75 Å². The number of rotatable bonds is 4. The number of nitrogens with two attached hydrogens (primary N) is 1. The Morgan fingerprint density at radius 1 is 1.10 bits per heavy atom. The zero-order valence-corrected chi connectivity index (χ0v) is 13.5. The average molecular weight is 284 g/mol. The largest absolute Gasteiger partial charge is 0.496 e. The van der Waals surface area contributed by atoms with Gasteiger partial charge >= 0.3 is 0 Å². The number of anilines is 2. The molecule has 0 aliphatic heterocycles. The highest BCUT2D eigenvalue weighted by Crippen LogP contribution is 2.37. The normalized spacial score (nSPS) is 12.1. The fraction of sp³-hybridized carbons (Fsp3) is 0.333. The summed E-state index contributed by atoms with van der Waals surface area (Å²) in [5, 5.41) is 0. The van der Waals surface area contributed by atoms with Crippen molar-refractivity contribution < 1.29 is 4.74 Å². The molecule has 112 valence electrons. The van der Waals surface area contributed by atoms with Crippen molar-refractivity contribution in [3.63, 3.8) is 0 Å². The Hall–Kier alpha value is -2.00. The number of aryl methyl sites for hydroxylation is 2. The van der Waals surface area contributed by atoms with E-state index in [1.54, 1.807) is 7.11 Å². The molecule has 2 aromatic carbocycles. The first-order valence-electron chi connectivity index (χ1n) is 7.19. The molecule has 0 saturated carbocycles. The van der Waals surface area contributed by atoms with E-state index in [1.807, 2.05) is 19.1 Å². The lowest BCUT2D eigenvalue weighted by Crippen LogP contribution is -2.17. The lowest BCUT2D eigenvalue weighted by atomic mass is 10.0. The van der Waals surface area contributed by atoms with Crippen LogP contribution in [-0.2, 0) is 0 Å². The topological polar surface area (TPSA) is 38.5 Å². The second-order valence-electron chi connectivity index (χ2n) is 5.53. The summed E-state index contributed by atoms with van der Waals surface area (Å²) in [7, 11) is 3.75. The van der Waals surface area contributed by atoms with Gasteiger partial charge < -0.3 is 15.4 Å². The number of methoxy groups -OCH3 is 1. The quantitative estimate of drug-likeness (QED) is 0.918. The summed E-state index contributed by atoms with van der Waals surface area (Å²) >= 11 is 0. The maximum Gasteiger partial charge on any atom is 0.125 e. The molecule has 0 spiro atoms. The van der Waals surface area contributed by atoms with E-state index in [0.717, 1.165) is 17.0 Å². The van der Waals surface area contributed by atoms with E-state index in [1.165, 1.54) is 16.8 Å². The Kier molecular flexibility index (Phi) is 4.53. The van der Waals surface area contributed by atoms with Gasteiger partial charge in [-0.1, -0.05) is 23.8 Å². The minimum atomic E-state index is -0.0932. The summed E-state index contributed by atoms with van der Waals surface area (Å²) in [5.41, 5.74) is 12.0. The Labute approximate surface area is 127 Å². The molecule has 1 atom stereocenters. The fourth-order valence-corrected chi connectivity index (χ4v) is 2.77. The highest BCUT2D eigenvalue weighted by atomic mass is 16.5. The zero-order chi connectivity index (χ0) is 15.6. The molecule has 0 bridgehead atoms. The molecule has 3 heteroatoms. The van der Waals surface area contributed by atoms with Crippen LogP contribution in [0, 0.1) is 13.8 Å². The molecule has 2 rings (SSSR count). The monoisotopic (exact) mass is 284 g/mol. The number of ether oxygens (including phenoxy) is 1. The van der Waals surface area contributed by atoms with Gasteiger partial charge in [0, 0.05) is 30.0 Å². The van der Waals surface area contributed by atoms with Crippen LogP contribution in [0.15, 0.2) is 36.4 Å². The molecule has 0 saturated heterocycles. The van der Waals surface area contributed by atoms with E-state index in [-0.39, 0.29) is 6.04 Å². The SMILES string of the molecule is COc1cccc(N(C)c2ccc(C)cc2C)c1[C@@H](C)N. The van der Waals surface area contributed by atoms with Crippen LogP contribution >= 0.6 is 0 Å². The third-order valence-corrected chi connectivity index (χ3v) is 3.79.